The first kappa shape index (κ1) is 16.7. The van der Waals surface area contributed by atoms with Gasteiger partial charge in [0.05, 0.1) is 55.9 Å². The van der Waals surface area contributed by atoms with Crippen molar-refractivity contribution in [3.63, 3.8) is 0 Å². The highest BCUT2D eigenvalue weighted by atomic mass is 16.7. The van der Waals surface area contributed by atoms with Crippen molar-refractivity contribution in [3.05, 3.63) is 11.9 Å². The molecule has 0 aliphatic carbocycles. The number of aliphatic hydroxyl groups is 3. The van der Waals surface area contributed by atoms with Gasteiger partial charge in [0, 0.05) is 6.61 Å². The Kier molecular flexibility index (Phi) is 5.57. The molecule has 0 spiro atoms. The molecule has 0 aromatic carbocycles. The van der Waals surface area contributed by atoms with Crippen LogP contribution in [-0.4, -0.2) is 74.1 Å². The Morgan fingerprint density at radius 3 is 2.83 bits per heavy atom. The van der Waals surface area contributed by atoms with E-state index in [0.29, 0.717) is 13.2 Å². The van der Waals surface area contributed by atoms with Gasteiger partial charge in [-0.1, -0.05) is 5.21 Å². The van der Waals surface area contributed by atoms with Gasteiger partial charge in [0.25, 0.3) is 0 Å². The van der Waals surface area contributed by atoms with E-state index in [1.54, 1.807) is 10.9 Å². The molecule has 1 aromatic rings. The Balaban J connectivity index is 1.56. The molecule has 2 saturated heterocycles. The summed E-state index contributed by atoms with van der Waals surface area (Å²) < 4.78 is 12.9. The number of hydrogen-bond donors (Lipinski definition) is 4. The number of aliphatic hydroxyl groups excluding tert-OH is 3. The Morgan fingerprint density at radius 1 is 1.30 bits per heavy atom. The number of nitrogens with one attached hydrogen (secondary N) is 1. The second-order valence-electron chi connectivity index (χ2n) is 6.06. The summed E-state index contributed by atoms with van der Waals surface area (Å²) in [6.45, 7) is 1.15. The van der Waals surface area contributed by atoms with Crippen LogP contribution in [0.1, 0.15) is 25.0 Å². The van der Waals surface area contributed by atoms with Gasteiger partial charge in [0.1, 0.15) is 0 Å². The minimum Gasteiger partial charge on any atom is -0.395 e. The lowest BCUT2D eigenvalue weighted by molar-refractivity contribution is -0.170. The average Bonchev–Trinajstić information content (AvgIpc) is 3.13. The molecule has 0 amide bonds. The molecule has 5 atom stereocenters. The SMILES string of the molecule is OC[C@H]1N[C@H](Cn2nncc2COC2CCCCO2)[C@@H](O)[C@@H]1O. The third-order valence-corrected chi connectivity index (χ3v) is 4.42. The molecule has 3 rings (SSSR count). The molecule has 9 heteroatoms. The van der Waals surface area contributed by atoms with Gasteiger partial charge in [-0.15, -0.1) is 5.10 Å². The molecule has 1 aromatic heterocycles. The quantitative estimate of drug-likeness (QED) is 0.491. The monoisotopic (exact) mass is 328 g/mol. The molecule has 9 nitrogen and oxygen atoms in total. The Labute approximate surface area is 134 Å². The maximum atomic E-state index is 10.0. The van der Waals surface area contributed by atoms with Crippen molar-refractivity contribution >= 4 is 0 Å². The van der Waals surface area contributed by atoms with Crippen LogP contribution in [-0.2, 0) is 22.6 Å². The highest BCUT2D eigenvalue weighted by Crippen LogP contribution is 2.18. The topological polar surface area (TPSA) is 122 Å². The molecule has 0 bridgehead atoms. The number of aromatic nitrogens is 3. The van der Waals surface area contributed by atoms with Crippen LogP contribution in [0.5, 0.6) is 0 Å². The molecule has 130 valence electrons. The molecule has 3 heterocycles. The van der Waals surface area contributed by atoms with E-state index in [0.717, 1.165) is 31.6 Å². The zero-order valence-corrected chi connectivity index (χ0v) is 12.9. The minimum atomic E-state index is -0.996. The fourth-order valence-corrected chi connectivity index (χ4v) is 3.02. The van der Waals surface area contributed by atoms with Crippen molar-refractivity contribution in [1.29, 1.82) is 0 Å². The van der Waals surface area contributed by atoms with Crippen LogP contribution < -0.4 is 5.32 Å². The standard InChI is InChI=1S/C14H24N4O5/c19-7-11-14(21)13(20)10(16-11)6-18-9(5-15-17-18)8-23-12-3-1-2-4-22-12/h5,10-14,16,19-21H,1-4,6-8H2/t10-,11-,12?,13-,14-/m1/s1. The van der Waals surface area contributed by atoms with Crippen LogP contribution in [0.3, 0.4) is 0 Å². The second kappa shape index (κ2) is 7.65. The lowest BCUT2D eigenvalue weighted by atomic mass is 10.1. The molecular formula is C14H24N4O5. The first-order valence-electron chi connectivity index (χ1n) is 8.02. The average molecular weight is 328 g/mol. The summed E-state index contributed by atoms with van der Waals surface area (Å²) in [5.74, 6) is 0. The van der Waals surface area contributed by atoms with E-state index in [9.17, 15) is 15.3 Å². The van der Waals surface area contributed by atoms with Gasteiger partial charge in [-0.3, -0.25) is 0 Å². The molecule has 2 aliphatic heterocycles. The van der Waals surface area contributed by atoms with Crippen molar-refractivity contribution in [2.24, 2.45) is 0 Å². The summed E-state index contributed by atoms with van der Waals surface area (Å²) in [6, 6.07) is -0.942. The van der Waals surface area contributed by atoms with Crippen molar-refractivity contribution in [1.82, 2.24) is 20.3 Å². The third kappa shape index (κ3) is 3.87. The Hall–Kier alpha value is -1.10. The van der Waals surface area contributed by atoms with E-state index < -0.39 is 24.3 Å². The molecule has 2 fully saturated rings. The smallest absolute Gasteiger partial charge is 0.158 e. The maximum Gasteiger partial charge on any atom is 0.158 e. The van der Waals surface area contributed by atoms with Crippen LogP contribution in [0.4, 0.5) is 0 Å². The first-order chi connectivity index (χ1) is 11.2. The lowest BCUT2D eigenvalue weighted by Crippen LogP contribution is -2.38. The summed E-state index contributed by atoms with van der Waals surface area (Å²) in [5.41, 5.74) is 0.773. The molecule has 0 saturated carbocycles. The van der Waals surface area contributed by atoms with Crippen molar-refractivity contribution in [2.75, 3.05) is 13.2 Å². The number of hydrogen-bond acceptors (Lipinski definition) is 8. The Morgan fingerprint density at radius 2 is 2.13 bits per heavy atom. The zero-order valence-electron chi connectivity index (χ0n) is 12.9. The predicted octanol–water partition coefficient (Wildman–Crippen LogP) is -1.62. The highest BCUT2D eigenvalue weighted by Gasteiger charge is 2.40. The van der Waals surface area contributed by atoms with Crippen molar-refractivity contribution in [3.8, 4) is 0 Å². The fourth-order valence-electron chi connectivity index (χ4n) is 3.02. The first-order valence-corrected chi connectivity index (χ1v) is 8.02. The fraction of sp³-hybridized carbons (Fsp3) is 0.857. The lowest BCUT2D eigenvalue weighted by Gasteiger charge is -2.23. The van der Waals surface area contributed by atoms with Crippen LogP contribution in [0, 0.1) is 0 Å². The summed E-state index contributed by atoms with van der Waals surface area (Å²) in [5, 5.41) is 40.0. The van der Waals surface area contributed by atoms with E-state index in [1.807, 2.05) is 0 Å². The van der Waals surface area contributed by atoms with Gasteiger partial charge in [-0.05, 0) is 19.3 Å². The molecule has 23 heavy (non-hydrogen) atoms. The van der Waals surface area contributed by atoms with E-state index in [2.05, 4.69) is 15.6 Å². The van der Waals surface area contributed by atoms with Crippen molar-refractivity contribution < 1.29 is 24.8 Å². The van der Waals surface area contributed by atoms with Gasteiger partial charge >= 0.3 is 0 Å². The summed E-state index contributed by atoms with van der Waals surface area (Å²) in [7, 11) is 0. The van der Waals surface area contributed by atoms with E-state index >= 15 is 0 Å². The van der Waals surface area contributed by atoms with Crippen LogP contribution in [0.2, 0.25) is 0 Å². The van der Waals surface area contributed by atoms with Crippen molar-refractivity contribution in [2.45, 2.75) is 63.0 Å². The molecule has 0 radical (unpaired) electrons. The normalized spacial score (nSPS) is 34.8. The second-order valence-corrected chi connectivity index (χ2v) is 6.06. The number of ether oxygens (including phenoxy) is 2. The number of nitrogens with zero attached hydrogens (tertiary/aromatic N) is 3. The molecule has 2 aliphatic rings. The molecule has 4 N–H and O–H groups in total. The van der Waals surface area contributed by atoms with Crippen LogP contribution in [0.15, 0.2) is 6.20 Å². The molecular weight excluding hydrogens is 304 g/mol. The van der Waals surface area contributed by atoms with E-state index in [-0.39, 0.29) is 12.9 Å². The Bertz CT molecular complexity index is 493. The predicted molar refractivity (Wildman–Crippen MR) is 78.2 cm³/mol. The largest absolute Gasteiger partial charge is 0.395 e. The van der Waals surface area contributed by atoms with Gasteiger partial charge in [-0.2, -0.15) is 0 Å². The minimum absolute atomic E-state index is 0.192. The van der Waals surface area contributed by atoms with Gasteiger partial charge in [-0.25, -0.2) is 4.68 Å². The highest BCUT2D eigenvalue weighted by molar-refractivity contribution is 5.00. The molecule has 1 unspecified atom stereocenters. The summed E-state index contributed by atoms with van der Waals surface area (Å²) >= 11 is 0. The van der Waals surface area contributed by atoms with Crippen LogP contribution >= 0.6 is 0 Å². The van der Waals surface area contributed by atoms with Crippen LogP contribution in [0.25, 0.3) is 0 Å². The maximum absolute atomic E-state index is 10.0. The third-order valence-electron chi connectivity index (χ3n) is 4.42. The zero-order chi connectivity index (χ0) is 16.2. The van der Waals surface area contributed by atoms with E-state index in [4.69, 9.17) is 9.47 Å². The van der Waals surface area contributed by atoms with E-state index in [1.165, 1.54) is 0 Å². The van der Waals surface area contributed by atoms with Gasteiger partial charge in [0.2, 0.25) is 0 Å². The summed E-state index contributed by atoms with van der Waals surface area (Å²) in [4.78, 5) is 0. The van der Waals surface area contributed by atoms with Gasteiger partial charge < -0.3 is 30.1 Å². The summed E-state index contributed by atoms with van der Waals surface area (Å²) in [6.07, 6.45) is 2.51. The van der Waals surface area contributed by atoms with Gasteiger partial charge in [0.15, 0.2) is 6.29 Å². The number of rotatable bonds is 6.